The first-order chi connectivity index (χ1) is 2.45. The molecule has 0 spiro atoms. The number of rotatable bonds is 0. The molecule has 0 N–H and O–H groups in total. The van der Waals surface area contributed by atoms with Crippen LogP contribution in [0.1, 0.15) is 0 Å². The van der Waals surface area contributed by atoms with E-state index < -0.39 is 7.81 Å². The summed E-state index contributed by atoms with van der Waals surface area (Å²) in [5.41, 5.74) is 0. The summed E-state index contributed by atoms with van der Waals surface area (Å²) in [7, 11) is -10.7. The van der Waals surface area contributed by atoms with Gasteiger partial charge in [0.1, 0.15) is 0 Å². The quantitative estimate of drug-likeness (QED) is 0.325. The van der Waals surface area contributed by atoms with Crippen molar-refractivity contribution in [2.75, 3.05) is 0 Å². The molecule has 0 nitrogen and oxygen atoms in total. The third-order valence-electron chi connectivity index (χ3n) is 0. The Morgan fingerprint density at radius 3 is 0.625 bits per heavy atom. The van der Waals surface area contributed by atoms with Crippen LogP contribution < -0.4 is 0 Å². The molecular weight excluding hydrogens is 209 g/mol. The van der Waals surface area contributed by atoms with Gasteiger partial charge in [0.25, 0.3) is 0 Å². The minimum atomic E-state index is -10.7. The summed E-state index contributed by atoms with van der Waals surface area (Å²) in [6, 6.07) is 0. The molecule has 0 bridgehead atoms. The van der Waals surface area contributed by atoms with Gasteiger partial charge in [-0.1, -0.05) is 0 Å². The topological polar surface area (TPSA) is 0 Å². The smallest absolute Gasteiger partial charge is 0 e. The number of hydrogen-bond acceptors (Lipinski definition) is 0. The van der Waals surface area contributed by atoms with Gasteiger partial charge in [0.2, 0.25) is 0 Å². The summed E-state index contributed by atoms with van der Waals surface area (Å²) in [4.78, 5) is 0. The second-order valence-electron chi connectivity index (χ2n) is 0.958. The van der Waals surface area contributed by atoms with Gasteiger partial charge in [0.15, 0.2) is 0 Å². The van der Waals surface area contributed by atoms with E-state index in [0.717, 1.165) is 0 Å². The molecule has 0 aromatic heterocycles. The van der Waals surface area contributed by atoms with Gasteiger partial charge in [-0.3, -0.25) is 0 Å². The second-order valence-corrected chi connectivity index (χ2v) is 2.87. The van der Waals surface area contributed by atoms with Gasteiger partial charge < -0.3 is 0 Å². The Morgan fingerprint density at radius 1 is 0.625 bits per heavy atom. The summed E-state index contributed by atoms with van der Waals surface area (Å²) in [5.74, 6) is 0. The Morgan fingerprint density at radius 2 is 0.625 bits per heavy atom. The number of hydrogen-bond donors (Lipinski definition) is 0. The molecule has 0 aliphatic rings. The normalized spacial score (nSPS) is 20.2. The van der Waals surface area contributed by atoms with E-state index in [1.807, 2.05) is 0 Å². The van der Waals surface area contributed by atoms with Crippen molar-refractivity contribution in [3.63, 3.8) is 0 Å². The van der Waals surface area contributed by atoms with Gasteiger partial charge in [0, 0.05) is 17.1 Å². The molecule has 0 rings (SSSR count). The molecule has 8 heavy (non-hydrogen) atoms. The van der Waals surface area contributed by atoms with Crippen molar-refractivity contribution in [3.05, 3.63) is 0 Å². The first-order valence-electron chi connectivity index (χ1n) is 1.01. The first-order valence-corrected chi connectivity index (χ1v) is 3.04. The summed E-state index contributed by atoms with van der Waals surface area (Å²) >= 11 is 0. The van der Waals surface area contributed by atoms with Crippen molar-refractivity contribution >= 4 is 7.81 Å². The molecule has 0 unspecified atom stereocenters. The van der Waals surface area contributed by atoms with Crippen LogP contribution in [0.2, 0.25) is 0 Å². The third kappa shape index (κ3) is 712. The van der Waals surface area contributed by atoms with Crippen molar-refractivity contribution in [3.8, 4) is 0 Å². The first kappa shape index (κ1) is 11.3. The van der Waals surface area contributed by atoms with Gasteiger partial charge in [-0.2, -0.15) is 0 Å². The van der Waals surface area contributed by atoms with Gasteiger partial charge >= 0.3 is 33.0 Å². The molecule has 0 saturated carbocycles. The summed E-state index contributed by atoms with van der Waals surface area (Å²) in [5, 5.41) is 0. The van der Waals surface area contributed by atoms with Crippen LogP contribution >= 0.6 is 7.81 Å². The van der Waals surface area contributed by atoms with Crippen molar-refractivity contribution in [2.45, 2.75) is 0 Å². The van der Waals surface area contributed by atoms with Crippen LogP contribution in [0, 0.1) is 0 Å². The molecule has 1 radical (unpaired) electrons. The fourth-order valence-corrected chi connectivity index (χ4v) is 0. The fourth-order valence-electron chi connectivity index (χ4n) is 0. The van der Waals surface area contributed by atoms with Crippen LogP contribution in [0.4, 0.5) is 25.2 Å². The monoisotopic (exact) mass is 208 g/mol. The Bertz CT molecular complexity index is 67.1. The van der Waals surface area contributed by atoms with Crippen molar-refractivity contribution in [1.82, 2.24) is 0 Å². The van der Waals surface area contributed by atoms with E-state index in [-0.39, 0.29) is 17.1 Å². The molecule has 59 valence electrons. The van der Waals surface area contributed by atoms with Gasteiger partial charge in [0.05, 0.1) is 0 Å². The maximum atomic E-state index is 9.87. The fraction of sp³-hybridized carbons (Fsp3) is 0. The SMILES string of the molecule is F[P-](F)(F)(F)(F)F.[Cu]. The maximum Gasteiger partial charge on any atom is 0 e. The van der Waals surface area contributed by atoms with E-state index in [0.29, 0.717) is 0 Å². The van der Waals surface area contributed by atoms with Crippen molar-refractivity contribution in [2.24, 2.45) is 0 Å². The Balaban J connectivity index is 0. The van der Waals surface area contributed by atoms with Gasteiger partial charge in [-0.15, -0.1) is 0 Å². The van der Waals surface area contributed by atoms with Crippen LogP contribution in [0.25, 0.3) is 0 Å². The molecule has 0 aromatic carbocycles. The largest absolute Gasteiger partial charge is 0 e. The second kappa shape index (κ2) is 1.33. The summed E-state index contributed by atoms with van der Waals surface area (Å²) in [6.07, 6.45) is 0. The van der Waals surface area contributed by atoms with E-state index in [9.17, 15) is 25.2 Å². The Kier molecular flexibility index (Phi) is 1.89. The minimum absolute atomic E-state index is 0. The van der Waals surface area contributed by atoms with E-state index in [4.69, 9.17) is 0 Å². The van der Waals surface area contributed by atoms with Crippen LogP contribution in [0.5, 0.6) is 0 Å². The molecule has 0 fully saturated rings. The molecule has 0 aromatic rings. The number of halogens is 6. The van der Waals surface area contributed by atoms with Crippen molar-refractivity contribution in [1.29, 1.82) is 0 Å². The molecule has 0 amide bonds. The van der Waals surface area contributed by atoms with Crippen LogP contribution in [-0.2, 0) is 17.1 Å². The summed E-state index contributed by atoms with van der Waals surface area (Å²) < 4.78 is 59.2. The molecule has 0 heterocycles. The molecular formula is CuF6P-. The van der Waals surface area contributed by atoms with E-state index >= 15 is 0 Å². The maximum absolute atomic E-state index is 10.7. The van der Waals surface area contributed by atoms with Crippen molar-refractivity contribution < 1.29 is 42.3 Å². The predicted octanol–water partition coefficient (Wildman–Crippen LogP) is 3.38. The van der Waals surface area contributed by atoms with E-state index in [2.05, 4.69) is 0 Å². The standard InChI is InChI=1S/Cu.F6P/c;1-7(2,3,4,5)6/q;-1. The molecule has 0 aliphatic carbocycles. The Hall–Kier alpha value is 0.529. The zero-order valence-electron chi connectivity index (χ0n) is 3.02. The molecule has 0 aliphatic heterocycles. The van der Waals surface area contributed by atoms with Crippen LogP contribution in [0.3, 0.4) is 0 Å². The van der Waals surface area contributed by atoms with Gasteiger partial charge in [-0.25, -0.2) is 0 Å². The minimum Gasteiger partial charge on any atom is 0 e. The average molecular weight is 209 g/mol. The van der Waals surface area contributed by atoms with Crippen LogP contribution in [-0.4, -0.2) is 0 Å². The molecule has 0 saturated heterocycles. The van der Waals surface area contributed by atoms with E-state index in [1.165, 1.54) is 0 Å². The van der Waals surface area contributed by atoms with Crippen LogP contribution in [0.15, 0.2) is 0 Å². The zero-order valence-corrected chi connectivity index (χ0v) is 4.85. The molecule has 8 heteroatoms. The average Bonchev–Trinajstić information content (AvgIpc) is 0.592. The van der Waals surface area contributed by atoms with E-state index in [1.54, 1.807) is 0 Å². The molecule has 0 atom stereocenters. The Labute approximate surface area is 51.0 Å². The third-order valence-corrected chi connectivity index (χ3v) is 0. The van der Waals surface area contributed by atoms with Gasteiger partial charge in [-0.05, 0) is 0 Å². The zero-order chi connectivity index (χ0) is 6.41. The predicted molar refractivity (Wildman–Crippen MR) is 13.6 cm³/mol. The summed E-state index contributed by atoms with van der Waals surface area (Å²) in [6.45, 7) is 0.